The number of hydrogen-bond acceptors (Lipinski definition) is 8. The summed E-state index contributed by atoms with van der Waals surface area (Å²) in [7, 11) is -2.21. The molecule has 0 aromatic heterocycles. The number of ether oxygens (including phenoxy) is 3. The van der Waals surface area contributed by atoms with Gasteiger partial charge in [-0.3, -0.25) is 9.59 Å². The molecule has 0 fully saturated rings. The fourth-order valence-electron chi connectivity index (χ4n) is 6.46. The highest BCUT2D eigenvalue weighted by atomic mass is 31.2. The van der Waals surface area contributed by atoms with Crippen LogP contribution in [0, 0.1) is 6.92 Å². The van der Waals surface area contributed by atoms with E-state index in [0.29, 0.717) is 44.6 Å². The highest BCUT2D eigenvalue weighted by Crippen LogP contribution is 2.47. The molecule has 0 aliphatic carbocycles. The van der Waals surface area contributed by atoms with Gasteiger partial charge in [-0.25, -0.2) is 9.59 Å². The molecule has 7 rings (SSSR count). The molecule has 12 nitrogen and oxygen atoms in total. The van der Waals surface area contributed by atoms with E-state index in [1.165, 1.54) is 43.4 Å². The summed E-state index contributed by atoms with van der Waals surface area (Å²) in [6.07, 6.45) is 0. The normalized spacial score (nSPS) is 10.9. The van der Waals surface area contributed by atoms with E-state index < -0.39 is 30.9 Å². The molecule has 0 atom stereocenters. The van der Waals surface area contributed by atoms with Crippen LogP contribution in [0.3, 0.4) is 0 Å². The van der Waals surface area contributed by atoms with Gasteiger partial charge in [-0.2, -0.15) is 0 Å². The summed E-state index contributed by atoms with van der Waals surface area (Å²) >= 11 is 0. The number of carbonyl (C=O) groups excluding carboxylic acids is 2. The van der Waals surface area contributed by atoms with Crippen LogP contribution in [-0.2, 0) is 4.57 Å². The molecular formula is C48H37N2O10P. The molecule has 4 N–H and O–H groups in total. The summed E-state index contributed by atoms with van der Waals surface area (Å²) in [5.74, 6) is -2.22. The number of hydrogen-bond donors (Lipinski definition) is 4. The maximum atomic E-state index is 15.6. The second kappa shape index (κ2) is 17.9. The lowest BCUT2D eigenvalue weighted by Gasteiger charge is -2.23. The standard InChI is InChI=1S/C48H37N2O10P/c1-30-13-17-32(18-14-30)58-36-23-26-43(44(29-36)61(57,37-9-5-3-6-10-37)38-11-7-4-8-12-38)60-33-19-15-31(16-20-33)50-46(52)42-28-35(22-25-40(42)48(55)56)59-34-21-24-39(47(53)54)41(27-34)45(51)49-2/h3-29H,1-2H3,(H,49,51)(H,50,52)(H,53,54)(H,55,56). The van der Waals surface area contributed by atoms with Gasteiger partial charge in [-0.1, -0.05) is 78.4 Å². The van der Waals surface area contributed by atoms with E-state index in [0.717, 1.165) is 5.56 Å². The largest absolute Gasteiger partial charge is 0.478 e. The van der Waals surface area contributed by atoms with Crippen molar-refractivity contribution in [3.05, 3.63) is 192 Å². The molecule has 2 amide bonds. The summed E-state index contributed by atoms with van der Waals surface area (Å²) in [5.41, 5.74) is 0.454. The Kier molecular flexibility index (Phi) is 12.1. The molecule has 0 saturated carbocycles. The van der Waals surface area contributed by atoms with E-state index in [1.807, 2.05) is 91.9 Å². The quantitative estimate of drug-likeness (QED) is 0.0774. The Morgan fingerprint density at radius 2 is 0.934 bits per heavy atom. The number of nitrogens with one attached hydrogen (secondary N) is 2. The lowest BCUT2D eigenvalue weighted by Crippen LogP contribution is -2.26. The zero-order valence-corrected chi connectivity index (χ0v) is 33.6. The van der Waals surface area contributed by atoms with Gasteiger partial charge in [-0.15, -0.1) is 0 Å². The molecule has 0 aliphatic rings. The minimum atomic E-state index is -3.57. The van der Waals surface area contributed by atoms with Crippen LogP contribution in [0.4, 0.5) is 5.69 Å². The highest BCUT2D eigenvalue weighted by Gasteiger charge is 2.34. The van der Waals surface area contributed by atoms with Crippen molar-refractivity contribution in [1.29, 1.82) is 0 Å². The smallest absolute Gasteiger partial charge is 0.336 e. The molecule has 0 heterocycles. The van der Waals surface area contributed by atoms with E-state index in [1.54, 1.807) is 42.5 Å². The molecule has 0 saturated heterocycles. The minimum Gasteiger partial charge on any atom is -0.478 e. The van der Waals surface area contributed by atoms with Crippen LogP contribution in [0.5, 0.6) is 34.5 Å². The van der Waals surface area contributed by atoms with Crippen LogP contribution in [0.15, 0.2) is 164 Å². The predicted octanol–water partition coefficient (Wildman–Crippen LogP) is 9.02. The molecule has 0 aliphatic heterocycles. The zero-order chi connectivity index (χ0) is 43.1. The molecule has 13 heteroatoms. The Morgan fingerprint density at radius 1 is 0.492 bits per heavy atom. The van der Waals surface area contributed by atoms with Gasteiger partial charge in [0.05, 0.1) is 27.6 Å². The van der Waals surface area contributed by atoms with Crippen molar-refractivity contribution in [1.82, 2.24) is 5.32 Å². The van der Waals surface area contributed by atoms with E-state index in [9.17, 15) is 29.4 Å². The molecule has 7 aromatic carbocycles. The molecule has 0 radical (unpaired) electrons. The van der Waals surface area contributed by atoms with Crippen molar-refractivity contribution in [3.63, 3.8) is 0 Å². The number of carboxylic acid groups (broad SMARTS) is 2. The van der Waals surface area contributed by atoms with Crippen molar-refractivity contribution in [2.45, 2.75) is 6.92 Å². The minimum absolute atomic E-state index is 0.0548. The fraction of sp³-hybridized carbons (Fsp3) is 0.0417. The number of aryl methyl sites for hydroxylation is 1. The molecule has 61 heavy (non-hydrogen) atoms. The van der Waals surface area contributed by atoms with Crippen molar-refractivity contribution in [3.8, 4) is 34.5 Å². The number of benzene rings is 7. The number of amides is 2. The summed E-state index contributed by atoms with van der Waals surface area (Å²) in [6.45, 7) is 1.98. The van der Waals surface area contributed by atoms with Crippen LogP contribution in [0.25, 0.3) is 0 Å². The number of aromatic carboxylic acids is 2. The first-order valence-corrected chi connectivity index (χ1v) is 20.5. The highest BCUT2D eigenvalue weighted by molar-refractivity contribution is 7.85. The van der Waals surface area contributed by atoms with Crippen LogP contribution in [-0.4, -0.2) is 41.0 Å². The third-order valence-electron chi connectivity index (χ3n) is 9.50. The summed E-state index contributed by atoms with van der Waals surface area (Å²) in [5, 5.41) is 26.1. The van der Waals surface area contributed by atoms with Gasteiger partial charge in [0, 0.05) is 23.3 Å². The first kappa shape index (κ1) is 41.2. The fourth-order valence-corrected chi connectivity index (χ4v) is 9.24. The van der Waals surface area contributed by atoms with Crippen LogP contribution in [0.1, 0.15) is 47.0 Å². The van der Waals surface area contributed by atoms with E-state index in [4.69, 9.17) is 14.2 Å². The number of carboxylic acids is 2. The second-order valence-electron chi connectivity index (χ2n) is 13.6. The van der Waals surface area contributed by atoms with Crippen molar-refractivity contribution in [2.75, 3.05) is 12.4 Å². The van der Waals surface area contributed by atoms with Gasteiger partial charge in [0.15, 0.2) is 7.14 Å². The van der Waals surface area contributed by atoms with Crippen molar-refractivity contribution >= 4 is 52.5 Å². The Morgan fingerprint density at radius 3 is 1.46 bits per heavy atom. The summed E-state index contributed by atoms with van der Waals surface area (Å²) in [4.78, 5) is 49.8. The van der Waals surface area contributed by atoms with E-state index in [-0.39, 0.29) is 33.8 Å². The van der Waals surface area contributed by atoms with Crippen molar-refractivity contribution < 1.29 is 48.2 Å². The maximum Gasteiger partial charge on any atom is 0.336 e. The first-order chi connectivity index (χ1) is 29.4. The lowest BCUT2D eigenvalue weighted by molar-refractivity contribution is 0.0683. The Hall–Kier alpha value is -7.95. The van der Waals surface area contributed by atoms with Crippen LogP contribution < -0.4 is 40.8 Å². The summed E-state index contributed by atoms with van der Waals surface area (Å²) in [6, 6.07) is 45.0. The molecule has 0 unspecified atom stereocenters. The zero-order valence-electron chi connectivity index (χ0n) is 32.7. The SMILES string of the molecule is CNC(=O)c1cc(Oc2ccc(C(=O)O)c(C(=O)Nc3ccc(Oc4ccc(Oc5ccc(C)cc5)cc4P(=O)(c4ccccc4)c4ccccc4)cc3)c2)ccc1C(=O)O. The number of rotatable bonds is 14. The Balaban J connectivity index is 1.17. The summed E-state index contributed by atoms with van der Waals surface area (Å²) < 4.78 is 34.1. The van der Waals surface area contributed by atoms with Crippen molar-refractivity contribution in [2.24, 2.45) is 0 Å². The van der Waals surface area contributed by atoms with Crippen LogP contribution >= 0.6 is 7.14 Å². The molecule has 0 spiro atoms. The van der Waals surface area contributed by atoms with Gasteiger partial charge < -0.3 is 39.6 Å². The number of carbonyl (C=O) groups is 4. The van der Waals surface area contributed by atoms with E-state index in [2.05, 4.69) is 10.6 Å². The Bertz CT molecular complexity index is 2770. The topological polar surface area (TPSA) is 178 Å². The van der Waals surface area contributed by atoms with Crippen LogP contribution in [0.2, 0.25) is 0 Å². The maximum absolute atomic E-state index is 15.6. The van der Waals surface area contributed by atoms with Gasteiger partial charge in [0.25, 0.3) is 11.8 Å². The number of anilines is 1. The van der Waals surface area contributed by atoms with Gasteiger partial charge in [0.2, 0.25) is 0 Å². The molecular weight excluding hydrogens is 796 g/mol. The second-order valence-corrected chi connectivity index (χ2v) is 16.3. The molecule has 304 valence electrons. The molecule has 0 bridgehead atoms. The third kappa shape index (κ3) is 9.20. The molecule has 7 aromatic rings. The monoisotopic (exact) mass is 832 g/mol. The predicted molar refractivity (Wildman–Crippen MR) is 232 cm³/mol. The average Bonchev–Trinajstić information content (AvgIpc) is 3.28. The average molecular weight is 833 g/mol. The Labute approximate surface area is 350 Å². The third-order valence-corrected chi connectivity index (χ3v) is 12.6. The lowest BCUT2D eigenvalue weighted by atomic mass is 10.1. The van der Waals surface area contributed by atoms with Gasteiger partial charge in [-0.05, 0) is 97.9 Å². The first-order valence-electron chi connectivity index (χ1n) is 18.8. The van der Waals surface area contributed by atoms with Gasteiger partial charge >= 0.3 is 11.9 Å². The van der Waals surface area contributed by atoms with E-state index >= 15 is 4.57 Å². The van der Waals surface area contributed by atoms with Gasteiger partial charge in [0.1, 0.15) is 34.5 Å².